The van der Waals surface area contributed by atoms with Crippen molar-refractivity contribution in [1.82, 2.24) is 20.5 Å². The third-order valence-electron chi connectivity index (χ3n) is 5.08. The zero-order chi connectivity index (χ0) is 24.3. The second kappa shape index (κ2) is 9.48. The number of anilines is 1. The van der Waals surface area contributed by atoms with Crippen LogP contribution in [0.2, 0.25) is 0 Å². The van der Waals surface area contributed by atoms with Gasteiger partial charge in [-0.1, -0.05) is 24.3 Å². The molecule has 0 bridgehead atoms. The van der Waals surface area contributed by atoms with Crippen LogP contribution in [0.15, 0.2) is 59.0 Å². The van der Waals surface area contributed by atoms with Gasteiger partial charge in [-0.2, -0.15) is 5.10 Å². The maximum Gasteiger partial charge on any atom is 0.269 e. The van der Waals surface area contributed by atoms with Crippen molar-refractivity contribution in [2.24, 2.45) is 0 Å². The predicted octanol–water partition coefficient (Wildman–Crippen LogP) is 3.87. The first kappa shape index (κ1) is 23.2. The quantitative estimate of drug-likeness (QED) is 0.349. The van der Waals surface area contributed by atoms with Crippen molar-refractivity contribution in [2.45, 2.75) is 20.4 Å². The lowest BCUT2D eigenvalue weighted by Gasteiger charge is -2.09. The molecule has 176 valence electrons. The summed E-state index contributed by atoms with van der Waals surface area (Å²) >= 11 is 0. The topological polar surface area (TPSA) is 130 Å². The molecule has 0 aliphatic carbocycles. The minimum Gasteiger partial charge on any atom is -0.441 e. The van der Waals surface area contributed by atoms with E-state index in [0.717, 1.165) is 0 Å². The largest absolute Gasteiger partial charge is 0.441 e. The van der Waals surface area contributed by atoms with Gasteiger partial charge in [-0.05, 0) is 44.2 Å². The van der Waals surface area contributed by atoms with Gasteiger partial charge < -0.3 is 9.73 Å². The predicted molar refractivity (Wildman–Crippen MR) is 125 cm³/mol. The molecule has 3 N–H and O–H groups in total. The number of carbonyl (C=O) groups excluding carboxylic acids is 1. The van der Waals surface area contributed by atoms with E-state index in [0.29, 0.717) is 28.4 Å². The van der Waals surface area contributed by atoms with Crippen molar-refractivity contribution in [3.63, 3.8) is 0 Å². The Morgan fingerprint density at radius 1 is 1.12 bits per heavy atom. The number of aryl methyl sites for hydroxylation is 1. The van der Waals surface area contributed by atoms with E-state index >= 15 is 0 Å². The van der Waals surface area contributed by atoms with E-state index in [9.17, 15) is 17.6 Å². The molecule has 0 radical (unpaired) electrons. The monoisotopic (exact) mass is 483 g/mol. The molecule has 0 atom stereocenters. The smallest absolute Gasteiger partial charge is 0.269 e. The van der Waals surface area contributed by atoms with Crippen molar-refractivity contribution < 1.29 is 22.0 Å². The maximum atomic E-state index is 14.0. The first-order valence-electron chi connectivity index (χ1n) is 10.4. The Bertz CT molecular complexity index is 1450. The standard InChI is InChI=1S/C23H22FN5O4S/c1-3-34(31,32)29-18-11-7-5-9-16(18)23-26-21(14(2)33-23)13-25-22(30)20-12-19(27-28-20)15-8-4-6-10-17(15)24/h4-12,29H,3,13H2,1-2H3,(H,25,30)(H,27,28). The molecule has 0 unspecified atom stereocenters. The number of halogens is 1. The molecule has 0 saturated heterocycles. The van der Waals surface area contributed by atoms with Gasteiger partial charge in [0.05, 0.1) is 29.2 Å². The number of sulfonamides is 1. The number of oxazole rings is 1. The van der Waals surface area contributed by atoms with Gasteiger partial charge in [-0.3, -0.25) is 14.6 Å². The van der Waals surface area contributed by atoms with Gasteiger partial charge >= 0.3 is 0 Å². The van der Waals surface area contributed by atoms with Crippen LogP contribution in [-0.2, 0) is 16.6 Å². The Morgan fingerprint density at radius 2 is 1.82 bits per heavy atom. The fourth-order valence-electron chi connectivity index (χ4n) is 3.21. The summed E-state index contributed by atoms with van der Waals surface area (Å²) in [5, 5.41) is 9.35. The highest BCUT2D eigenvalue weighted by molar-refractivity contribution is 7.92. The van der Waals surface area contributed by atoms with Crippen LogP contribution in [-0.4, -0.2) is 35.3 Å². The van der Waals surface area contributed by atoms with Crippen molar-refractivity contribution in [3.8, 4) is 22.7 Å². The molecule has 0 saturated carbocycles. The Morgan fingerprint density at radius 3 is 2.56 bits per heavy atom. The summed E-state index contributed by atoms with van der Waals surface area (Å²) in [6, 6.07) is 14.4. The molecular formula is C23H22FN5O4S. The lowest BCUT2D eigenvalue weighted by molar-refractivity contribution is 0.0945. The SMILES string of the molecule is CCS(=O)(=O)Nc1ccccc1-c1nc(CNC(=O)c2cc(-c3ccccc3F)n[nH]2)c(C)o1. The molecule has 2 aromatic carbocycles. The van der Waals surface area contributed by atoms with E-state index in [1.165, 1.54) is 12.1 Å². The molecule has 34 heavy (non-hydrogen) atoms. The molecule has 9 nitrogen and oxygen atoms in total. The molecule has 0 aliphatic rings. The molecule has 0 fully saturated rings. The highest BCUT2D eigenvalue weighted by Gasteiger charge is 2.19. The summed E-state index contributed by atoms with van der Waals surface area (Å²) in [5.74, 6) is -0.266. The molecule has 4 aromatic rings. The molecule has 2 heterocycles. The Kier molecular flexibility index (Phi) is 6.46. The second-order valence-electron chi connectivity index (χ2n) is 7.40. The first-order valence-corrected chi connectivity index (χ1v) is 12.1. The van der Waals surface area contributed by atoms with Crippen molar-refractivity contribution in [1.29, 1.82) is 0 Å². The Hall–Kier alpha value is -3.99. The molecule has 1 amide bonds. The minimum atomic E-state index is -3.49. The van der Waals surface area contributed by atoms with Crippen LogP contribution in [0.4, 0.5) is 10.1 Å². The average molecular weight is 484 g/mol. The van der Waals surface area contributed by atoms with Gasteiger partial charge in [0, 0.05) is 5.56 Å². The third kappa shape index (κ3) is 4.99. The number of amides is 1. The summed E-state index contributed by atoms with van der Waals surface area (Å²) in [5.41, 5.74) is 2.06. The van der Waals surface area contributed by atoms with Gasteiger partial charge in [0.2, 0.25) is 15.9 Å². The van der Waals surface area contributed by atoms with E-state index in [-0.39, 0.29) is 29.4 Å². The molecule has 11 heteroatoms. The maximum absolute atomic E-state index is 14.0. The van der Waals surface area contributed by atoms with Crippen LogP contribution in [0, 0.1) is 12.7 Å². The number of carbonyl (C=O) groups is 1. The summed E-state index contributed by atoms with van der Waals surface area (Å²) in [4.78, 5) is 17.0. The Balaban J connectivity index is 1.49. The summed E-state index contributed by atoms with van der Waals surface area (Å²) in [6.45, 7) is 3.30. The lowest BCUT2D eigenvalue weighted by Crippen LogP contribution is -2.23. The van der Waals surface area contributed by atoms with E-state index < -0.39 is 21.7 Å². The fourth-order valence-corrected chi connectivity index (χ4v) is 3.87. The molecule has 4 rings (SSSR count). The Labute approximate surface area is 195 Å². The second-order valence-corrected chi connectivity index (χ2v) is 9.41. The van der Waals surface area contributed by atoms with Crippen LogP contribution in [0.25, 0.3) is 22.7 Å². The zero-order valence-corrected chi connectivity index (χ0v) is 19.2. The summed E-state index contributed by atoms with van der Waals surface area (Å²) < 4.78 is 46.3. The van der Waals surface area contributed by atoms with Gasteiger partial charge in [0.15, 0.2) is 0 Å². The number of benzene rings is 2. The van der Waals surface area contributed by atoms with Crippen LogP contribution in [0.3, 0.4) is 0 Å². The van der Waals surface area contributed by atoms with Gasteiger partial charge in [-0.25, -0.2) is 17.8 Å². The number of hydrogen-bond acceptors (Lipinski definition) is 6. The number of nitrogens with one attached hydrogen (secondary N) is 3. The summed E-state index contributed by atoms with van der Waals surface area (Å²) in [6.07, 6.45) is 0. The minimum absolute atomic E-state index is 0.0606. The first-order chi connectivity index (χ1) is 16.3. The third-order valence-corrected chi connectivity index (χ3v) is 6.38. The van der Waals surface area contributed by atoms with Crippen LogP contribution >= 0.6 is 0 Å². The van der Waals surface area contributed by atoms with Gasteiger partial charge in [0.25, 0.3) is 5.91 Å². The van der Waals surface area contributed by atoms with E-state index in [4.69, 9.17) is 4.42 Å². The number of aromatic amines is 1. The summed E-state index contributed by atoms with van der Waals surface area (Å²) in [7, 11) is -3.49. The average Bonchev–Trinajstić information content (AvgIpc) is 3.45. The van der Waals surface area contributed by atoms with E-state index in [1.807, 2.05) is 0 Å². The number of para-hydroxylation sites is 1. The zero-order valence-electron chi connectivity index (χ0n) is 18.4. The van der Waals surface area contributed by atoms with Gasteiger partial charge in [-0.15, -0.1) is 0 Å². The van der Waals surface area contributed by atoms with E-state index in [2.05, 4.69) is 25.2 Å². The number of nitrogens with zero attached hydrogens (tertiary/aromatic N) is 2. The lowest BCUT2D eigenvalue weighted by atomic mass is 10.1. The van der Waals surface area contributed by atoms with Crippen molar-refractivity contribution in [3.05, 3.63) is 77.6 Å². The highest BCUT2D eigenvalue weighted by atomic mass is 32.2. The van der Waals surface area contributed by atoms with Crippen molar-refractivity contribution in [2.75, 3.05) is 10.5 Å². The number of rotatable bonds is 8. The fraction of sp³-hybridized carbons (Fsp3) is 0.174. The highest BCUT2D eigenvalue weighted by Crippen LogP contribution is 2.29. The molecule has 0 spiro atoms. The number of aromatic nitrogens is 3. The van der Waals surface area contributed by atoms with Crippen LogP contribution in [0.1, 0.15) is 28.9 Å². The normalized spacial score (nSPS) is 11.4. The van der Waals surface area contributed by atoms with Crippen LogP contribution in [0.5, 0.6) is 0 Å². The number of H-pyrrole nitrogens is 1. The van der Waals surface area contributed by atoms with Gasteiger partial charge in [0.1, 0.15) is 23.0 Å². The molecule has 2 aromatic heterocycles. The molecular weight excluding hydrogens is 461 g/mol. The van der Waals surface area contributed by atoms with E-state index in [1.54, 1.807) is 56.3 Å². The van der Waals surface area contributed by atoms with Crippen LogP contribution < -0.4 is 10.0 Å². The molecule has 0 aliphatic heterocycles. The van der Waals surface area contributed by atoms with Crippen molar-refractivity contribution >= 4 is 21.6 Å². The number of hydrogen-bond donors (Lipinski definition) is 3.